The number of aryl methyl sites for hydroxylation is 1. The quantitative estimate of drug-likeness (QED) is 0.746. The average molecular weight is 239 g/mol. The summed E-state index contributed by atoms with van der Waals surface area (Å²) in [6, 6.07) is 2.34. The smallest absolute Gasteiger partial charge is 0.0912 e. The molecule has 1 fully saturated rings. The van der Waals surface area contributed by atoms with E-state index in [1.165, 1.54) is 31.6 Å². The van der Waals surface area contributed by atoms with Crippen LogP contribution in [0.4, 0.5) is 0 Å². The number of nitrogens with one attached hydrogen (secondary N) is 1. The Morgan fingerprint density at radius 2 is 2.47 bits per heavy atom. The lowest BCUT2D eigenvalue weighted by Crippen LogP contribution is -2.47. The lowest BCUT2D eigenvalue weighted by molar-refractivity contribution is 0.375. The fraction of sp³-hybridized carbons (Fsp3) is 0.667. The molecular weight excluding hydrogens is 222 g/mol. The maximum atomic E-state index is 3.80. The minimum absolute atomic E-state index is 0.278. The van der Waals surface area contributed by atoms with Gasteiger partial charge in [-0.15, -0.1) is 23.1 Å². The summed E-state index contributed by atoms with van der Waals surface area (Å²) in [7, 11) is 0. The van der Waals surface area contributed by atoms with Crippen molar-refractivity contribution in [2.45, 2.75) is 31.1 Å². The fourth-order valence-electron chi connectivity index (χ4n) is 2.59. The van der Waals surface area contributed by atoms with Crippen molar-refractivity contribution in [2.24, 2.45) is 5.92 Å². The van der Waals surface area contributed by atoms with Crippen molar-refractivity contribution in [1.29, 1.82) is 0 Å². The predicted molar refractivity (Wildman–Crippen MR) is 68.6 cm³/mol. The molecule has 0 amide bonds. The number of thiophene rings is 1. The van der Waals surface area contributed by atoms with Crippen LogP contribution in [0.15, 0.2) is 11.4 Å². The molecule has 1 aliphatic heterocycles. The minimum Gasteiger partial charge on any atom is -0.299 e. The van der Waals surface area contributed by atoms with E-state index in [1.807, 2.05) is 11.3 Å². The monoisotopic (exact) mass is 239 g/mol. The van der Waals surface area contributed by atoms with E-state index in [0.29, 0.717) is 0 Å². The molecule has 0 radical (unpaired) electrons. The lowest BCUT2D eigenvalue weighted by atomic mass is 9.92. The zero-order valence-corrected chi connectivity index (χ0v) is 10.7. The molecule has 1 aromatic rings. The maximum Gasteiger partial charge on any atom is 0.0912 e. The van der Waals surface area contributed by atoms with E-state index in [2.05, 4.69) is 35.4 Å². The van der Waals surface area contributed by atoms with Gasteiger partial charge in [-0.05, 0) is 47.9 Å². The summed E-state index contributed by atoms with van der Waals surface area (Å²) >= 11 is 4.08. The molecule has 2 aliphatic rings. The van der Waals surface area contributed by atoms with Crippen LogP contribution in [0, 0.1) is 5.92 Å². The van der Waals surface area contributed by atoms with Crippen LogP contribution in [-0.4, -0.2) is 12.3 Å². The van der Waals surface area contributed by atoms with E-state index in [9.17, 15) is 0 Å². The zero-order chi connectivity index (χ0) is 10.3. The third-order valence-electron chi connectivity index (χ3n) is 3.46. The highest BCUT2D eigenvalue weighted by atomic mass is 32.2. The summed E-state index contributed by atoms with van der Waals surface area (Å²) in [5.41, 5.74) is 1.59. The van der Waals surface area contributed by atoms with Crippen molar-refractivity contribution in [3.8, 4) is 0 Å². The molecule has 2 atom stereocenters. The Labute approximate surface area is 99.7 Å². The summed E-state index contributed by atoms with van der Waals surface area (Å²) in [6.45, 7) is 3.52. The molecule has 0 aromatic carbocycles. The van der Waals surface area contributed by atoms with Gasteiger partial charge in [0.1, 0.15) is 0 Å². The van der Waals surface area contributed by atoms with Crippen LogP contribution in [0.3, 0.4) is 0 Å². The van der Waals surface area contributed by atoms with E-state index >= 15 is 0 Å². The van der Waals surface area contributed by atoms with Crippen LogP contribution in [0.1, 0.15) is 30.2 Å². The second-order valence-electron chi connectivity index (χ2n) is 4.74. The molecular formula is C12H17NS2. The van der Waals surface area contributed by atoms with Gasteiger partial charge in [-0.25, -0.2) is 0 Å². The van der Waals surface area contributed by atoms with Gasteiger partial charge in [0.2, 0.25) is 0 Å². The number of hydrogen-bond acceptors (Lipinski definition) is 3. The number of hydrogen-bond donors (Lipinski definition) is 1. The summed E-state index contributed by atoms with van der Waals surface area (Å²) in [4.78, 5) is 1.90. The first kappa shape index (κ1) is 10.2. The Morgan fingerprint density at radius 3 is 3.27 bits per heavy atom. The second-order valence-corrected chi connectivity index (χ2v) is 7.05. The van der Waals surface area contributed by atoms with Crippen molar-refractivity contribution in [3.63, 3.8) is 0 Å². The standard InChI is InChI=1S/C12H17NS2/c1-9-7-13-12(15-8-9)5-2-3-11-10(12)4-6-14-11/h4,6,9,13H,2-3,5,7-8H2,1H3. The minimum atomic E-state index is 0.278. The molecule has 3 heteroatoms. The van der Waals surface area contributed by atoms with Crippen molar-refractivity contribution < 1.29 is 0 Å². The van der Waals surface area contributed by atoms with Crippen molar-refractivity contribution in [3.05, 3.63) is 21.9 Å². The summed E-state index contributed by atoms with van der Waals surface area (Å²) in [5.74, 6) is 2.13. The fourth-order valence-corrected chi connectivity index (χ4v) is 5.17. The molecule has 2 unspecified atom stereocenters. The third kappa shape index (κ3) is 1.65. The normalized spacial score (nSPS) is 35.4. The van der Waals surface area contributed by atoms with Crippen LogP contribution in [-0.2, 0) is 11.3 Å². The Kier molecular flexibility index (Phi) is 2.57. The average Bonchev–Trinajstić information content (AvgIpc) is 2.72. The summed E-state index contributed by atoms with van der Waals surface area (Å²) < 4.78 is 0. The molecule has 3 rings (SSSR count). The van der Waals surface area contributed by atoms with Crippen LogP contribution in [0.25, 0.3) is 0 Å². The summed E-state index contributed by atoms with van der Waals surface area (Å²) in [6.07, 6.45) is 3.96. The van der Waals surface area contributed by atoms with Crippen LogP contribution >= 0.6 is 23.1 Å². The van der Waals surface area contributed by atoms with Gasteiger partial charge in [-0.3, -0.25) is 5.32 Å². The predicted octanol–water partition coefficient (Wildman–Crippen LogP) is 3.21. The first-order valence-corrected chi connectivity index (χ1v) is 7.62. The van der Waals surface area contributed by atoms with Crippen LogP contribution < -0.4 is 5.32 Å². The third-order valence-corrected chi connectivity index (χ3v) is 6.24. The largest absolute Gasteiger partial charge is 0.299 e. The van der Waals surface area contributed by atoms with Crippen LogP contribution in [0.5, 0.6) is 0 Å². The van der Waals surface area contributed by atoms with Gasteiger partial charge in [0.05, 0.1) is 4.87 Å². The molecule has 1 N–H and O–H groups in total. The van der Waals surface area contributed by atoms with E-state index in [0.717, 1.165) is 5.92 Å². The molecule has 0 bridgehead atoms. The molecule has 15 heavy (non-hydrogen) atoms. The van der Waals surface area contributed by atoms with Gasteiger partial charge >= 0.3 is 0 Å². The molecule has 1 saturated heterocycles. The topological polar surface area (TPSA) is 12.0 Å². The molecule has 82 valence electrons. The van der Waals surface area contributed by atoms with E-state index in [-0.39, 0.29) is 4.87 Å². The first-order chi connectivity index (χ1) is 7.30. The molecule has 2 heterocycles. The Bertz CT molecular complexity index is 350. The molecule has 1 nitrogen and oxygen atoms in total. The number of rotatable bonds is 0. The highest BCUT2D eigenvalue weighted by Gasteiger charge is 2.39. The van der Waals surface area contributed by atoms with Gasteiger partial charge < -0.3 is 0 Å². The Balaban J connectivity index is 1.94. The number of thioether (sulfide) groups is 1. The van der Waals surface area contributed by atoms with Crippen molar-refractivity contribution >= 4 is 23.1 Å². The van der Waals surface area contributed by atoms with Gasteiger partial charge in [0, 0.05) is 11.4 Å². The molecule has 0 saturated carbocycles. The lowest BCUT2D eigenvalue weighted by Gasteiger charge is -2.42. The molecule has 1 aliphatic carbocycles. The van der Waals surface area contributed by atoms with Crippen molar-refractivity contribution in [1.82, 2.24) is 5.32 Å². The number of fused-ring (bicyclic) bond motifs is 2. The maximum absolute atomic E-state index is 3.80. The molecule has 1 aromatic heterocycles. The summed E-state index contributed by atoms with van der Waals surface area (Å²) in [5, 5.41) is 6.06. The van der Waals surface area contributed by atoms with E-state index in [1.54, 1.807) is 10.4 Å². The Morgan fingerprint density at radius 1 is 1.53 bits per heavy atom. The first-order valence-electron chi connectivity index (χ1n) is 5.76. The van der Waals surface area contributed by atoms with Gasteiger partial charge in [-0.1, -0.05) is 6.92 Å². The Hall–Kier alpha value is 0.01000. The van der Waals surface area contributed by atoms with E-state index < -0.39 is 0 Å². The van der Waals surface area contributed by atoms with Gasteiger partial charge in [0.15, 0.2) is 0 Å². The second kappa shape index (κ2) is 3.79. The SMILES string of the molecule is CC1CNC2(CCCc3sccc32)SC1. The highest BCUT2D eigenvalue weighted by molar-refractivity contribution is 8.00. The van der Waals surface area contributed by atoms with E-state index in [4.69, 9.17) is 0 Å². The van der Waals surface area contributed by atoms with Gasteiger partial charge in [0.25, 0.3) is 0 Å². The zero-order valence-electron chi connectivity index (χ0n) is 9.08. The van der Waals surface area contributed by atoms with Crippen LogP contribution in [0.2, 0.25) is 0 Å². The highest BCUT2D eigenvalue weighted by Crippen LogP contribution is 2.47. The van der Waals surface area contributed by atoms with Gasteiger partial charge in [-0.2, -0.15) is 0 Å². The van der Waals surface area contributed by atoms with Crippen molar-refractivity contribution in [2.75, 3.05) is 12.3 Å². The molecule has 1 spiro atoms.